The van der Waals surface area contributed by atoms with Crippen LogP contribution in [0.15, 0.2) is 42.0 Å². The Balaban J connectivity index is 1.57. The molecule has 0 saturated heterocycles. The van der Waals surface area contributed by atoms with Crippen LogP contribution in [0.25, 0.3) is 0 Å². The molecule has 2 aliphatic rings. The maximum atomic E-state index is 12.2. The quantitative estimate of drug-likeness (QED) is 0.838. The van der Waals surface area contributed by atoms with Crippen LogP contribution in [0.4, 0.5) is 4.79 Å². The van der Waals surface area contributed by atoms with E-state index in [1.807, 2.05) is 30.3 Å². The van der Waals surface area contributed by atoms with Crippen molar-refractivity contribution in [3.05, 3.63) is 47.5 Å². The Morgan fingerprint density at radius 3 is 2.91 bits per heavy atom. The largest absolute Gasteiger partial charge is 0.445 e. The molecule has 0 aromatic heterocycles. The van der Waals surface area contributed by atoms with Crippen molar-refractivity contribution in [3.8, 4) is 0 Å². The Bertz CT molecular complexity index is 538. The van der Waals surface area contributed by atoms with Crippen LogP contribution in [-0.4, -0.2) is 12.1 Å². The Morgan fingerprint density at radius 1 is 1.27 bits per heavy atom. The van der Waals surface area contributed by atoms with Crippen LogP contribution in [0.1, 0.15) is 44.6 Å². The molecule has 3 atom stereocenters. The number of nitrogens with one attached hydrogen (secondary N) is 1. The van der Waals surface area contributed by atoms with Gasteiger partial charge >= 0.3 is 6.09 Å². The van der Waals surface area contributed by atoms with E-state index in [9.17, 15) is 4.79 Å². The average Bonchev–Trinajstić information content (AvgIpc) is 2.56. The van der Waals surface area contributed by atoms with Gasteiger partial charge < -0.3 is 10.1 Å². The smallest absolute Gasteiger partial charge is 0.407 e. The molecule has 2 aliphatic carbocycles. The molecule has 1 aromatic carbocycles. The standard InChI is InChI=1S/C19H25NO2/c1-14-11-12-16-9-5-6-10-17(16)18(14)20-19(21)22-13-15-7-3-2-4-8-15/h2-4,7-8,12,14,17-18H,5-6,9-11,13H2,1H3,(H,20,21)/t14-,17-,18+/m0/s1. The zero-order chi connectivity index (χ0) is 15.4. The second-order valence-corrected chi connectivity index (χ2v) is 6.58. The van der Waals surface area contributed by atoms with Crippen molar-refractivity contribution in [2.45, 2.75) is 51.7 Å². The van der Waals surface area contributed by atoms with Crippen molar-refractivity contribution in [3.63, 3.8) is 0 Å². The number of allylic oxidation sites excluding steroid dienone is 1. The predicted octanol–water partition coefficient (Wildman–Crippen LogP) is 4.44. The Kier molecular flexibility index (Phi) is 4.81. The maximum Gasteiger partial charge on any atom is 0.407 e. The number of rotatable bonds is 3. The Morgan fingerprint density at radius 2 is 2.09 bits per heavy atom. The lowest BCUT2D eigenvalue weighted by molar-refractivity contribution is 0.124. The molecule has 3 rings (SSSR count). The predicted molar refractivity (Wildman–Crippen MR) is 87.4 cm³/mol. The normalized spacial score (nSPS) is 27.5. The Labute approximate surface area is 132 Å². The van der Waals surface area contributed by atoms with Crippen LogP contribution in [0, 0.1) is 11.8 Å². The molecule has 0 aliphatic heterocycles. The first-order valence-electron chi connectivity index (χ1n) is 8.40. The molecule has 1 amide bonds. The molecule has 0 heterocycles. The van der Waals surface area contributed by atoms with E-state index in [1.54, 1.807) is 5.57 Å². The lowest BCUT2D eigenvalue weighted by Crippen LogP contribution is -2.47. The second-order valence-electron chi connectivity index (χ2n) is 6.58. The van der Waals surface area contributed by atoms with Crippen molar-refractivity contribution in [1.29, 1.82) is 0 Å². The number of amides is 1. The monoisotopic (exact) mass is 299 g/mol. The number of benzene rings is 1. The topological polar surface area (TPSA) is 38.3 Å². The summed E-state index contributed by atoms with van der Waals surface area (Å²) in [7, 11) is 0. The van der Waals surface area contributed by atoms with Gasteiger partial charge in [0.25, 0.3) is 0 Å². The lowest BCUT2D eigenvalue weighted by atomic mass is 9.71. The summed E-state index contributed by atoms with van der Waals surface area (Å²) >= 11 is 0. The molecule has 1 aromatic rings. The molecule has 0 spiro atoms. The minimum atomic E-state index is -0.285. The van der Waals surface area contributed by atoms with Crippen LogP contribution in [0.5, 0.6) is 0 Å². The van der Waals surface area contributed by atoms with Gasteiger partial charge in [0.15, 0.2) is 0 Å². The summed E-state index contributed by atoms with van der Waals surface area (Å²) in [5.41, 5.74) is 2.57. The zero-order valence-corrected chi connectivity index (χ0v) is 13.3. The van der Waals surface area contributed by atoms with Crippen LogP contribution in [0.3, 0.4) is 0 Å². The highest BCUT2D eigenvalue weighted by atomic mass is 16.5. The van der Waals surface area contributed by atoms with Gasteiger partial charge in [-0.05, 0) is 37.2 Å². The summed E-state index contributed by atoms with van der Waals surface area (Å²) in [6.45, 7) is 2.56. The van der Waals surface area contributed by atoms with E-state index in [4.69, 9.17) is 4.74 Å². The second kappa shape index (κ2) is 6.99. The minimum Gasteiger partial charge on any atom is -0.445 e. The zero-order valence-electron chi connectivity index (χ0n) is 13.3. The van der Waals surface area contributed by atoms with Crippen LogP contribution in [-0.2, 0) is 11.3 Å². The van der Waals surface area contributed by atoms with Crippen molar-refractivity contribution >= 4 is 6.09 Å². The highest BCUT2D eigenvalue weighted by Crippen LogP contribution is 2.39. The van der Waals surface area contributed by atoms with Gasteiger partial charge in [-0.3, -0.25) is 0 Å². The van der Waals surface area contributed by atoms with E-state index in [-0.39, 0.29) is 12.1 Å². The van der Waals surface area contributed by atoms with Crippen LogP contribution < -0.4 is 5.32 Å². The summed E-state index contributed by atoms with van der Waals surface area (Å²) in [4.78, 5) is 12.2. The third-order valence-corrected chi connectivity index (χ3v) is 5.00. The molecule has 3 nitrogen and oxygen atoms in total. The minimum absolute atomic E-state index is 0.226. The molecular weight excluding hydrogens is 274 g/mol. The molecule has 1 N–H and O–H groups in total. The Hall–Kier alpha value is -1.77. The van der Waals surface area contributed by atoms with Gasteiger partial charge in [-0.2, -0.15) is 0 Å². The lowest BCUT2D eigenvalue weighted by Gasteiger charge is -2.39. The molecule has 0 unspecified atom stereocenters. The molecule has 1 saturated carbocycles. The SMILES string of the molecule is C[C@H]1CC=C2CCCC[C@@H]2[C@@H]1NC(=O)OCc1ccccc1. The van der Waals surface area contributed by atoms with Crippen molar-refractivity contribution < 1.29 is 9.53 Å². The fourth-order valence-electron chi connectivity index (χ4n) is 3.75. The maximum absolute atomic E-state index is 12.2. The average molecular weight is 299 g/mol. The summed E-state index contributed by atoms with van der Waals surface area (Å²) < 4.78 is 5.39. The fourth-order valence-corrected chi connectivity index (χ4v) is 3.75. The number of carbonyl (C=O) groups excluding carboxylic acids is 1. The van der Waals surface area contributed by atoms with Gasteiger partial charge in [0.1, 0.15) is 6.61 Å². The summed E-state index contributed by atoms with van der Waals surface area (Å²) in [5, 5.41) is 3.14. The number of fused-ring (bicyclic) bond motifs is 1. The number of hydrogen-bond acceptors (Lipinski definition) is 2. The van der Waals surface area contributed by atoms with Gasteiger partial charge in [-0.25, -0.2) is 4.79 Å². The van der Waals surface area contributed by atoms with E-state index >= 15 is 0 Å². The number of carbonyl (C=O) groups is 1. The van der Waals surface area contributed by atoms with E-state index in [0.717, 1.165) is 12.0 Å². The van der Waals surface area contributed by atoms with E-state index in [0.29, 0.717) is 18.4 Å². The van der Waals surface area contributed by atoms with Crippen LogP contribution >= 0.6 is 0 Å². The van der Waals surface area contributed by atoms with Gasteiger partial charge in [-0.1, -0.05) is 55.3 Å². The molecule has 22 heavy (non-hydrogen) atoms. The highest BCUT2D eigenvalue weighted by molar-refractivity contribution is 5.67. The van der Waals surface area contributed by atoms with E-state index in [1.165, 1.54) is 25.7 Å². The summed E-state index contributed by atoms with van der Waals surface area (Å²) in [6, 6.07) is 10.0. The number of hydrogen-bond donors (Lipinski definition) is 1. The number of alkyl carbamates (subject to hydrolysis) is 1. The molecular formula is C19H25NO2. The van der Waals surface area contributed by atoms with E-state index < -0.39 is 0 Å². The van der Waals surface area contributed by atoms with Crippen LogP contribution in [0.2, 0.25) is 0 Å². The third-order valence-electron chi connectivity index (χ3n) is 5.00. The first-order chi connectivity index (χ1) is 10.7. The number of ether oxygens (including phenoxy) is 1. The molecule has 0 bridgehead atoms. The van der Waals surface area contributed by atoms with Gasteiger partial charge in [0.2, 0.25) is 0 Å². The van der Waals surface area contributed by atoms with E-state index in [2.05, 4.69) is 18.3 Å². The molecule has 1 fully saturated rings. The van der Waals surface area contributed by atoms with Gasteiger partial charge in [-0.15, -0.1) is 0 Å². The summed E-state index contributed by atoms with van der Waals surface area (Å²) in [6.07, 6.45) is 8.15. The van der Waals surface area contributed by atoms with Crippen molar-refractivity contribution in [2.75, 3.05) is 0 Å². The van der Waals surface area contributed by atoms with Crippen molar-refractivity contribution in [2.24, 2.45) is 11.8 Å². The summed E-state index contributed by atoms with van der Waals surface area (Å²) in [5.74, 6) is 0.998. The molecule has 0 radical (unpaired) electrons. The molecule has 3 heteroatoms. The highest BCUT2D eigenvalue weighted by Gasteiger charge is 2.35. The van der Waals surface area contributed by atoms with Crippen molar-refractivity contribution in [1.82, 2.24) is 5.32 Å². The fraction of sp³-hybridized carbons (Fsp3) is 0.526. The first kappa shape index (κ1) is 15.1. The third kappa shape index (κ3) is 3.52. The first-order valence-corrected chi connectivity index (χ1v) is 8.40. The molecule has 118 valence electrons. The van der Waals surface area contributed by atoms with Gasteiger partial charge in [0, 0.05) is 12.0 Å². The van der Waals surface area contributed by atoms with Gasteiger partial charge in [0.05, 0.1) is 0 Å².